The van der Waals surface area contributed by atoms with Gasteiger partial charge in [0.05, 0.1) is 17.8 Å². The van der Waals surface area contributed by atoms with E-state index in [-0.39, 0.29) is 18.6 Å². The van der Waals surface area contributed by atoms with Crippen molar-refractivity contribution in [3.63, 3.8) is 0 Å². The van der Waals surface area contributed by atoms with Gasteiger partial charge in [-0.2, -0.15) is 0 Å². The lowest BCUT2D eigenvalue weighted by Crippen LogP contribution is -2.47. The number of amides is 1. The van der Waals surface area contributed by atoms with Crippen molar-refractivity contribution in [3.05, 3.63) is 77.7 Å². The highest BCUT2D eigenvalue weighted by Crippen LogP contribution is 2.30. The van der Waals surface area contributed by atoms with Crippen LogP contribution in [-0.2, 0) is 11.3 Å². The Morgan fingerprint density at radius 1 is 1.10 bits per heavy atom. The van der Waals surface area contributed by atoms with Gasteiger partial charge in [0.25, 0.3) is 5.91 Å². The lowest BCUT2D eigenvalue weighted by Gasteiger charge is -2.37. The monoisotopic (exact) mass is 438 g/mol. The van der Waals surface area contributed by atoms with E-state index in [4.69, 9.17) is 20.8 Å². The summed E-state index contributed by atoms with van der Waals surface area (Å²) in [6.45, 7) is 2.34. The van der Waals surface area contributed by atoms with E-state index < -0.39 is 0 Å². The molecule has 5 nitrogen and oxygen atoms in total. The summed E-state index contributed by atoms with van der Waals surface area (Å²) in [5, 5.41) is 0.492. The molecule has 0 spiro atoms. The molecular formula is C25H27ClN2O3. The maximum Gasteiger partial charge on any atom is 0.261 e. The molecule has 31 heavy (non-hydrogen) atoms. The molecule has 2 aromatic carbocycles. The van der Waals surface area contributed by atoms with Crippen LogP contribution in [0.25, 0.3) is 11.1 Å². The van der Waals surface area contributed by atoms with Crippen LogP contribution < -0.4 is 4.74 Å². The molecular weight excluding hydrogens is 412 g/mol. The topological polar surface area (TPSA) is 45.9 Å². The molecule has 0 saturated carbocycles. The second-order valence-electron chi connectivity index (χ2n) is 7.94. The number of piperidine rings is 1. The number of benzene rings is 2. The summed E-state index contributed by atoms with van der Waals surface area (Å²) in [5.74, 6) is 1.22. The number of hydrogen-bond acceptors (Lipinski definition) is 4. The predicted octanol–water partition coefficient (Wildman–Crippen LogP) is 5.10. The molecule has 2 heterocycles. The van der Waals surface area contributed by atoms with E-state index in [0.29, 0.717) is 17.3 Å². The Morgan fingerprint density at radius 2 is 1.87 bits per heavy atom. The van der Waals surface area contributed by atoms with Crippen LogP contribution in [0.4, 0.5) is 0 Å². The van der Waals surface area contributed by atoms with Crippen LogP contribution in [0.5, 0.6) is 5.75 Å². The van der Waals surface area contributed by atoms with Gasteiger partial charge >= 0.3 is 0 Å². The van der Waals surface area contributed by atoms with Crippen LogP contribution >= 0.6 is 11.6 Å². The van der Waals surface area contributed by atoms with Gasteiger partial charge in [-0.3, -0.25) is 4.79 Å². The van der Waals surface area contributed by atoms with Gasteiger partial charge < -0.3 is 19.0 Å². The summed E-state index contributed by atoms with van der Waals surface area (Å²) in [4.78, 5) is 17.3. The fraction of sp³-hybridized carbons (Fsp3) is 0.320. The zero-order chi connectivity index (χ0) is 21.6. The highest BCUT2D eigenvalue weighted by molar-refractivity contribution is 6.32. The van der Waals surface area contributed by atoms with Gasteiger partial charge in [0.1, 0.15) is 11.5 Å². The smallest absolute Gasteiger partial charge is 0.261 e. The molecule has 1 amide bonds. The van der Waals surface area contributed by atoms with Crippen molar-refractivity contribution in [2.24, 2.45) is 0 Å². The van der Waals surface area contributed by atoms with Gasteiger partial charge in [-0.1, -0.05) is 48.0 Å². The highest BCUT2D eigenvalue weighted by atomic mass is 35.5. The molecule has 1 fully saturated rings. The Kier molecular flexibility index (Phi) is 6.95. The quantitative estimate of drug-likeness (QED) is 0.514. The van der Waals surface area contributed by atoms with E-state index in [0.717, 1.165) is 42.8 Å². The second-order valence-corrected chi connectivity index (χ2v) is 8.34. The van der Waals surface area contributed by atoms with Crippen LogP contribution in [0, 0.1) is 0 Å². The SMILES string of the molecule is CN1CCC(N(Cc2ccco2)C(=O)COc2ccc(-c3ccccc3)cc2Cl)CC1. The van der Waals surface area contributed by atoms with Crippen molar-refractivity contribution in [3.8, 4) is 16.9 Å². The molecule has 0 aliphatic carbocycles. The Morgan fingerprint density at radius 3 is 2.55 bits per heavy atom. The molecule has 1 saturated heterocycles. The third kappa shape index (κ3) is 5.49. The molecule has 1 aliphatic rings. The molecule has 1 aliphatic heterocycles. The second kappa shape index (κ2) is 10.0. The third-order valence-electron chi connectivity index (χ3n) is 5.75. The van der Waals surface area contributed by atoms with Crippen molar-refractivity contribution < 1.29 is 13.9 Å². The minimum atomic E-state index is -0.0610. The number of halogens is 1. The Balaban J connectivity index is 1.43. The van der Waals surface area contributed by atoms with E-state index in [1.807, 2.05) is 65.6 Å². The molecule has 4 rings (SSSR count). The maximum absolute atomic E-state index is 13.1. The molecule has 6 heteroatoms. The van der Waals surface area contributed by atoms with Gasteiger partial charge in [0.15, 0.2) is 6.61 Å². The number of carbonyl (C=O) groups excluding carboxylic acids is 1. The van der Waals surface area contributed by atoms with Gasteiger partial charge in [-0.25, -0.2) is 0 Å². The number of carbonyl (C=O) groups is 1. The molecule has 162 valence electrons. The largest absolute Gasteiger partial charge is 0.482 e. The molecule has 0 radical (unpaired) electrons. The Hall–Kier alpha value is -2.76. The standard InChI is InChI=1S/C25H27ClN2O3/c1-27-13-11-21(12-14-27)28(17-22-8-5-15-30-22)25(29)18-31-24-10-9-20(16-23(24)26)19-6-3-2-4-7-19/h2-10,15-16,21H,11-14,17-18H2,1H3. The minimum absolute atomic E-state index is 0.0581. The summed E-state index contributed by atoms with van der Waals surface area (Å²) in [5.41, 5.74) is 2.09. The van der Waals surface area contributed by atoms with Gasteiger partial charge in [-0.15, -0.1) is 0 Å². The first-order chi connectivity index (χ1) is 15.1. The minimum Gasteiger partial charge on any atom is -0.482 e. The molecule has 0 atom stereocenters. The predicted molar refractivity (Wildman–Crippen MR) is 122 cm³/mol. The highest BCUT2D eigenvalue weighted by Gasteiger charge is 2.28. The van der Waals surface area contributed by atoms with Crippen molar-refractivity contribution in [1.29, 1.82) is 0 Å². The number of furan rings is 1. The average Bonchev–Trinajstić information content (AvgIpc) is 3.31. The van der Waals surface area contributed by atoms with Crippen LogP contribution in [0.2, 0.25) is 5.02 Å². The summed E-state index contributed by atoms with van der Waals surface area (Å²) in [6, 6.07) is 19.6. The van der Waals surface area contributed by atoms with Crippen molar-refractivity contribution in [1.82, 2.24) is 9.80 Å². The van der Waals surface area contributed by atoms with E-state index in [1.54, 1.807) is 6.26 Å². The zero-order valence-corrected chi connectivity index (χ0v) is 18.4. The number of ether oxygens (including phenoxy) is 1. The van der Waals surface area contributed by atoms with Gasteiger partial charge in [-0.05, 0) is 68.4 Å². The number of hydrogen-bond donors (Lipinski definition) is 0. The summed E-state index contributed by atoms with van der Waals surface area (Å²) in [7, 11) is 2.11. The molecule has 0 N–H and O–H groups in total. The number of rotatable bonds is 7. The third-order valence-corrected chi connectivity index (χ3v) is 6.04. The van der Waals surface area contributed by atoms with Crippen LogP contribution in [0.3, 0.4) is 0 Å². The van der Waals surface area contributed by atoms with Gasteiger partial charge in [0.2, 0.25) is 0 Å². The van der Waals surface area contributed by atoms with E-state index in [9.17, 15) is 4.79 Å². The van der Waals surface area contributed by atoms with Crippen LogP contribution in [-0.4, -0.2) is 48.5 Å². The Labute approximate surface area is 188 Å². The summed E-state index contributed by atoms with van der Waals surface area (Å²) < 4.78 is 11.3. The molecule has 3 aromatic rings. The van der Waals surface area contributed by atoms with E-state index in [2.05, 4.69) is 11.9 Å². The number of likely N-dealkylation sites (tertiary alicyclic amines) is 1. The van der Waals surface area contributed by atoms with Crippen molar-refractivity contribution >= 4 is 17.5 Å². The normalized spacial score (nSPS) is 15.0. The van der Waals surface area contributed by atoms with Crippen molar-refractivity contribution in [2.75, 3.05) is 26.7 Å². The number of nitrogens with zero attached hydrogens (tertiary/aromatic N) is 2. The first-order valence-corrected chi connectivity index (χ1v) is 11.0. The molecule has 0 unspecified atom stereocenters. The molecule has 0 bridgehead atoms. The fourth-order valence-corrected chi connectivity index (χ4v) is 4.18. The first-order valence-electron chi connectivity index (χ1n) is 10.6. The fourth-order valence-electron chi connectivity index (χ4n) is 3.95. The lowest BCUT2D eigenvalue weighted by molar-refractivity contribution is -0.137. The van der Waals surface area contributed by atoms with E-state index >= 15 is 0 Å². The van der Waals surface area contributed by atoms with Crippen LogP contribution in [0.15, 0.2) is 71.3 Å². The summed E-state index contributed by atoms with van der Waals surface area (Å²) in [6.07, 6.45) is 3.52. The zero-order valence-electron chi connectivity index (χ0n) is 17.7. The molecule has 1 aromatic heterocycles. The Bertz CT molecular complexity index is 983. The van der Waals surface area contributed by atoms with E-state index in [1.165, 1.54) is 0 Å². The lowest BCUT2D eigenvalue weighted by atomic mass is 10.0. The van der Waals surface area contributed by atoms with Gasteiger partial charge in [0, 0.05) is 6.04 Å². The average molecular weight is 439 g/mol. The first kappa shape index (κ1) is 21.5. The van der Waals surface area contributed by atoms with Crippen molar-refractivity contribution in [2.45, 2.75) is 25.4 Å². The van der Waals surface area contributed by atoms with Crippen LogP contribution in [0.1, 0.15) is 18.6 Å². The maximum atomic E-state index is 13.1. The summed E-state index contributed by atoms with van der Waals surface area (Å²) >= 11 is 6.45.